The second-order valence-electron chi connectivity index (χ2n) is 6.26. The van der Waals surface area contributed by atoms with Crippen LogP contribution in [-0.2, 0) is 4.79 Å². The van der Waals surface area contributed by atoms with Gasteiger partial charge >= 0.3 is 5.97 Å². The topological polar surface area (TPSA) is 84.7 Å². The lowest BCUT2D eigenvalue weighted by Crippen LogP contribution is -2.45. The van der Waals surface area contributed by atoms with Gasteiger partial charge < -0.3 is 14.7 Å². The summed E-state index contributed by atoms with van der Waals surface area (Å²) in [7, 11) is 0. The van der Waals surface area contributed by atoms with Crippen molar-refractivity contribution in [2.75, 3.05) is 13.1 Å². The van der Waals surface area contributed by atoms with Gasteiger partial charge in [0.1, 0.15) is 5.75 Å². The molecule has 2 heterocycles. The molecule has 3 rings (SSSR count). The zero-order chi connectivity index (χ0) is 18.7. The molecule has 1 aromatic carbocycles. The largest absolute Gasteiger partial charge is 0.479 e. The molecule has 1 N–H and O–H groups in total. The molecule has 1 aromatic heterocycles. The first-order valence-corrected chi connectivity index (χ1v) is 8.81. The number of carbonyl (C=O) groups excluding carboxylic acids is 1. The average molecular weight is 378 g/mol. The first kappa shape index (κ1) is 18.3. The number of carboxylic acid groups (broad SMARTS) is 1. The highest BCUT2D eigenvalue weighted by Crippen LogP contribution is 2.26. The summed E-state index contributed by atoms with van der Waals surface area (Å²) in [6, 6.07) is 7.15. The van der Waals surface area contributed by atoms with Crippen LogP contribution in [0.5, 0.6) is 5.75 Å². The second-order valence-corrected chi connectivity index (χ2v) is 6.67. The van der Waals surface area contributed by atoms with Crippen molar-refractivity contribution in [3.63, 3.8) is 0 Å². The van der Waals surface area contributed by atoms with E-state index in [1.807, 2.05) is 0 Å². The van der Waals surface area contributed by atoms with Crippen LogP contribution >= 0.6 is 11.6 Å². The number of hydrogen-bond acceptors (Lipinski definition) is 4. The number of carbonyl (C=O) groups is 2. The van der Waals surface area contributed by atoms with Gasteiger partial charge in [0.2, 0.25) is 0 Å². The maximum atomic E-state index is 12.6. The Morgan fingerprint density at radius 3 is 2.62 bits per heavy atom. The Hall–Kier alpha value is -2.54. The molecule has 1 aliphatic rings. The zero-order valence-electron chi connectivity index (χ0n) is 14.3. The van der Waals surface area contributed by atoms with E-state index in [0.717, 1.165) is 0 Å². The number of nitrogens with zero attached hydrogens (tertiary/aromatic N) is 3. The number of likely N-dealkylation sites (tertiary alicyclic amines) is 1. The highest BCUT2D eigenvalue weighted by atomic mass is 35.5. The molecule has 1 fully saturated rings. The number of rotatable bonds is 5. The fourth-order valence-electron chi connectivity index (χ4n) is 3.04. The van der Waals surface area contributed by atoms with Crippen LogP contribution in [0.1, 0.15) is 36.2 Å². The summed E-state index contributed by atoms with van der Waals surface area (Å²) < 4.78 is 7.37. The number of piperidine rings is 1. The van der Waals surface area contributed by atoms with Crippen LogP contribution in [0.2, 0.25) is 5.02 Å². The minimum absolute atomic E-state index is 0.0879. The fraction of sp³-hybridized carbons (Fsp3) is 0.389. The van der Waals surface area contributed by atoms with Crippen molar-refractivity contribution in [1.82, 2.24) is 14.7 Å². The summed E-state index contributed by atoms with van der Waals surface area (Å²) in [5.74, 6) is -0.591. The molecule has 0 aliphatic carbocycles. The van der Waals surface area contributed by atoms with Crippen molar-refractivity contribution in [2.45, 2.75) is 31.9 Å². The standard InChI is InChI=1S/C18H20ClN3O4/c1-12(26-16-5-3-2-4-15(16)19)17(23)21-8-6-14(7-9-21)22-11-13(10-20-22)18(24)25/h2-5,10-12,14H,6-9H2,1H3,(H,24,25). The van der Waals surface area contributed by atoms with Gasteiger partial charge in [-0.15, -0.1) is 0 Å². The Bertz CT molecular complexity index is 799. The quantitative estimate of drug-likeness (QED) is 0.866. The SMILES string of the molecule is CC(Oc1ccccc1Cl)C(=O)N1CCC(n2cc(C(=O)O)cn2)CC1. The predicted octanol–water partition coefficient (Wildman–Crippen LogP) is 2.87. The predicted molar refractivity (Wildman–Crippen MR) is 95.6 cm³/mol. The van der Waals surface area contributed by atoms with Crippen LogP contribution in [0.25, 0.3) is 0 Å². The van der Waals surface area contributed by atoms with Gasteiger partial charge in [0.15, 0.2) is 6.10 Å². The van der Waals surface area contributed by atoms with Gasteiger partial charge in [0, 0.05) is 19.3 Å². The average Bonchev–Trinajstić information content (AvgIpc) is 3.13. The number of hydrogen-bond donors (Lipinski definition) is 1. The van der Waals surface area contributed by atoms with E-state index in [0.29, 0.717) is 36.7 Å². The molecule has 8 heteroatoms. The number of carboxylic acids is 1. The van der Waals surface area contributed by atoms with Crippen molar-refractivity contribution in [2.24, 2.45) is 0 Å². The smallest absolute Gasteiger partial charge is 0.338 e. The summed E-state index contributed by atoms with van der Waals surface area (Å²) in [6.45, 7) is 2.86. The molecule has 0 radical (unpaired) electrons. The van der Waals surface area contributed by atoms with Crippen molar-refractivity contribution < 1.29 is 19.4 Å². The number of aromatic nitrogens is 2. The monoisotopic (exact) mass is 377 g/mol. The van der Waals surface area contributed by atoms with Crippen LogP contribution in [0.15, 0.2) is 36.7 Å². The van der Waals surface area contributed by atoms with E-state index in [1.165, 1.54) is 12.4 Å². The van der Waals surface area contributed by atoms with Crippen LogP contribution in [0.4, 0.5) is 0 Å². The molecule has 2 aromatic rings. The third kappa shape index (κ3) is 3.99. The second kappa shape index (κ2) is 7.78. The molecule has 0 saturated carbocycles. The van der Waals surface area contributed by atoms with Crippen LogP contribution in [0, 0.1) is 0 Å². The van der Waals surface area contributed by atoms with E-state index < -0.39 is 12.1 Å². The van der Waals surface area contributed by atoms with Crippen molar-refractivity contribution in [1.29, 1.82) is 0 Å². The van der Waals surface area contributed by atoms with E-state index in [1.54, 1.807) is 40.8 Å². The lowest BCUT2D eigenvalue weighted by Gasteiger charge is -2.33. The van der Waals surface area contributed by atoms with Crippen molar-refractivity contribution >= 4 is 23.5 Å². The summed E-state index contributed by atoms with van der Waals surface area (Å²) in [5, 5.41) is 13.6. The highest BCUT2D eigenvalue weighted by Gasteiger charge is 2.28. The molecule has 1 saturated heterocycles. The fourth-order valence-corrected chi connectivity index (χ4v) is 3.22. The molecule has 1 amide bonds. The summed E-state index contributed by atoms with van der Waals surface area (Å²) >= 11 is 6.07. The Balaban J connectivity index is 1.56. The van der Waals surface area contributed by atoms with Gasteiger partial charge in [-0.25, -0.2) is 4.79 Å². The summed E-state index contributed by atoms with van der Waals surface area (Å²) in [4.78, 5) is 25.3. The summed E-state index contributed by atoms with van der Waals surface area (Å²) in [5.41, 5.74) is 0.172. The Morgan fingerprint density at radius 1 is 1.31 bits per heavy atom. The molecular weight excluding hydrogens is 358 g/mol. The highest BCUT2D eigenvalue weighted by molar-refractivity contribution is 6.32. The molecule has 26 heavy (non-hydrogen) atoms. The van der Waals surface area contributed by atoms with Crippen LogP contribution in [-0.4, -0.2) is 50.9 Å². The Morgan fingerprint density at radius 2 is 2.00 bits per heavy atom. The van der Waals surface area contributed by atoms with Crippen molar-refractivity contribution in [3.8, 4) is 5.75 Å². The molecule has 1 unspecified atom stereocenters. The van der Waals surface area contributed by atoms with E-state index in [4.69, 9.17) is 21.4 Å². The van der Waals surface area contributed by atoms with Crippen molar-refractivity contribution in [3.05, 3.63) is 47.2 Å². The number of para-hydroxylation sites is 1. The summed E-state index contributed by atoms with van der Waals surface area (Å²) in [6.07, 6.45) is 3.68. The van der Waals surface area contributed by atoms with Gasteiger partial charge in [-0.2, -0.15) is 5.10 Å². The van der Waals surface area contributed by atoms with Gasteiger partial charge in [-0.3, -0.25) is 9.48 Å². The van der Waals surface area contributed by atoms with Gasteiger partial charge in [-0.1, -0.05) is 23.7 Å². The maximum absolute atomic E-state index is 12.6. The van der Waals surface area contributed by atoms with E-state index in [2.05, 4.69) is 5.10 Å². The first-order valence-electron chi connectivity index (χ1n) is 8.43. The molecular formula is C18H20ClN3O4. The van der Waals surface area contributed by atoms with E-state index >= 15 is 0 Å². The third-order valence-corrected chi connectivity index (χ3v) is 4.80. The Labute approximate surface area is 156 Å². The van der Waals surface area contributed by atoms with Crippen LogP contribution in [0.3, 0.4) is 0 Å². The molecule has 1 atom stereocenters. The molecule has 0 spiro atoms. The van der Waals surface area contributed by atoms with E-state index in [-0.39, 0.29) is 17.5 Å². The minimum atomic E-state index is -0.991. The van der Waals surface area contributed by atoms with E-state index in [9.17, 15) is 9.59 Å². The normalized spacial score (nSPS) is 16.3. The molecule has 138 valence electrons. The first-order chi connectivity index (χ1) is 12.5. The maximum Gasteiger partial charge on any atom is 0.338 e. The number of halogens is 1. The third-order valence-electron chi connectivity index (χ3n) is 4.49. The van der Waals surface area contributed by atoms with Gasteiger partial charge in [0.25, 0.3) is 5.91 Å². The van der Waals surface area contributed by atoms with Gasteiger partial charge in [-0.05, 0) is 31.9 Å². The molecule has 1 aliphatic heterocycles. The molecule has 0 bridgehead atoms. The zero-order valence-corrected chi connectivity index (χ0v) is 15.1. The minimum Gasteiger partial charge on any atom is -0.479 e. The lowest BCUT2D eigenvalue weighted by molar-refractivity contribution is -0.139. The van der Waals surface area contributed by atoms with Crippen LogP contribution < -0.4 is 4.74 Å². The number of ether oxygens (including phenoxy) is 1. The van der Waals surface area contributed by atoms with Gasteiger partial charge in [0.05, 0.1) is 22.8 Å². The Kier molecular flexibility index (Phi) is 5.46. The number of benzene rings is 1. The number of aromatic carboxylic acids is 1. The lowest BCUT2D eigenvalue weighted by atomic mass is 10.0. The molecule has 7 nitrogen and oxygen atoms in total. The number of amides is 1.